The first-order valence-corrected chi connectivity index (χ1v) is 6.90. The van der Waals surface area contributed by atoms with Gasteiger partial charge in [0.2, 0.25) is 0 Å². The molecule has 1 aromatic carbocycles. The fraction of sp³-hybridized carbons (Fsp3) is 0.500. The van der Waals surface area contributed by atoms with E-state index in [1.807, 2.05) is 18.2 Å². The van der Waals surface area contributed by atoms with Gasteiger partial charge >= 0.3 is 0 Å². The van der Waals surface area contributed by atoms with Gasteiger partial charge in [-0.1, -0.05) is 27.5 Å². The fourth-order valence-corrected chi connectivity index (χ4v) is 2.87. The largest absolute Gasteiger partial charge is 0.394 e. The summed E-state index contributed by atoms with van der Waals surface area (Å²) in [5.74, 6) is 0. The van der Waals surface area contributed by atoms with E-state index in [9.17, 15) is 5.11 Å². The number of benzene rings is 1. The van der Waals surface area contributed by atoms with Crippen LogP contribution < -0.4 is 5.32 Å². The summed E-state index contributed by atoms with van der Waals surface area (Å²) in [6.45, 7) is 3.94. The Morgan fingerprint density at radius 3 is 2.76 bits per heavy atom. The van der Waals surface area contributed by atoms with Crippen molar-refractivity contribution in [2.24, 2.45) is 0 Å². The Kier molecular flexibility index (Phi) is 4.82. The molecule has 0 saturated carbocycles. The van der Waals surface area contributed by atoms with Crippen molar-refractivity contribution < 1.29 is 5.11 Å². The van der Waals surface area contributed by atoms with E-state index < -0.39 is 0 Å². The number of aliphatic hydroxyl groups is 1. The van der Waals surface area contributed by atoms with Gasteiger partial charge in [0, 0.05) is 35.7 Å². The maximum absolute atomic E-state index is 9.62. The number of aliphatic hydroxyl groups excluding tert-OH is 1. The van der Waals surface area contributed by atoms with Crippen molar-refractivity contribution in [1.29, 1.82) is 0 Å². The average Bonchev–Trinajstić information content (AvgIpc) is 2.36. The molecule has 1 aliphatic rings. The highest BCUT2D eigenvalue weighted by Gasteiger charge is 2.23. The molecule has 0 aromatic heterocycles. The van der Waals surface area contributed by atoms with E-state index in [1.54, 1.807) is 0 Å². The third-order valence-electron chi connectivity index (χ3n) is 3.08. The van der Waals surface area contributed by atoms with Crippen molar-refractivity contribution in [3.05, 3.63) is 33.3 Å². The molecule has 1 fully saturated rings. The smallest absolute Gasteiger partial charge is 0.0629 e. The highest BCUT2D eigenvalue weighted by Crippen LogP contribution is 2.30. The van der Waals surface area contributed by atoms with E-state index in [4.69, 9.17) is 11.6 Å². The van der Waals surface area contributed by atoms with Crippen LogP contribution in [0.5, 0.6) is 0 Å². The first kappa shape index (κ1) is 13.3. The van der Waals surface area contributed by atoms with Crippen molar-refractivity contribution in [2.75, 3.05) is 32.8 Å². The van der Waals surface area contributed by atoms with Gasteiger partial charge in [-0.05, 0) is 23.8 Å². The lowest BCUT2D eigenvalue weighted by Gasteiger charge is -2.34. The molecule has 0 spiro atoms. The highest BCUT2D eigenvalue weighted by molar-refractivity contribution is 9.10. The lowest BCUT2D eigenvalue weighted by Crippen LogP contribution is -2.46. The van der Waals surface area contributed by atoms with Crippen molar-refractivity contribution in [1.82, 2.24) is 10.2 Å². The van der Waals surface area contributed by atoms with Gasteiger partial charge in [0.1, 0.15) is 0 Å². The Labute approximate surface area is 115 Å². The zero-order valence-electron chi connectivity index (χ0n) is 9.50. The molecule has 1 atom stereocenters. The summed E-state index contributed by atoms with van der Waals surface area (Å²) in [5, 5.41) is 13.6. The summed E-state index contributed by atoms with van der Waals surface area (Å²) < 4.78 is 1.000. The van der Waals surface area contributed by atoms with E-state index in [2.05, 4.69) is 26.1 Å². The van der Waals surface area contributed by atoms with E-state index in [-0.39, 0.29) is 12.6 Å². The third-order valence-corrected chi connectivity index (χ3v) is 4.04. The van der Waals surface area contributed by atoms with Crippen LogP contribution in [0, 0.1) is 0 Å². The second-order valence-electron chi connectivity index (χ2n) is 4.15. The number of nitrogens with zero attached hydrogens (tertiary/aromatic N) is 1. The maximum atomic E-state index is 9.62. The minimum Gasteiger partial charge on any atom is -0.394 e. The van der Waals surface area contributed by atoms with Crippen molar-refractivity contribution in [3.63, 3.8) is 0 Å². The Morgan fingerprint density at radius 1 is 1.41 bits per heavy atom. The zero-order chi connectivity index (χ0) is 12.3. The van der Waals surface area contributed by atoms with Gasteiger partial charge in [0.15, 0.2) is 0 Å². The monoisotopic (exact) mass is 318 g/mol. The van der Waals surface area contributed by atoms with Gasteiger partial charge in [0.05, 0.1) is 12.6 Å². The van der Waals surface area contributed by atoms with Crippen LogP contribution in [-0.4, -0.2) is 42.8 Å². The van der Waals surface area contributed by atoms with Gasteiger partial charge in [-0.2, -0.15) is 0 Å². The first-order valence-electron chi connectivity index (χ1n) is 5.73. The standard InChI is InChI=1S/C12H16BrClN2O/c13-11-2-1-9(14)7-10(11)12(8-17)16-5-3-15-4-6-16/h1-2,7,12,15,17H,3-6,8H2. The molecule has 0 bridgehead atoms. The Morgan fingerprint density at radius 2 is 2.12 bits per heavy atom. The molecule has 1 aliphatic heterocycles. The number of nitrogens with one attached hydrogen (secondary N) is 1. The minimum atomic E-state index is 0.0187. The molecule has 17 heavy (non-hydrogen) atoms. The molecular formula is C12H16BrClN2O. The molecule has 94 valence electrons. The Balaban J connectivity index is 2.24. The molecule has 0 aliphatic carbocycles. The molecule has 0 radical (unpaired) electrons. The second-order valence-corrected chi connectivity index (χ2v) is 5.44. The summed E-state index contributed by atoms with van der Waals surface area (Å²) in [4.78, 5) is 2.28. The van der Waals surface area contributed by atoms with Crippen LogP contribution in [0.25, 0.3) is 0 Å². The molecule has 1 aromatic rings. The second kappa shape index (κ2) is 6.16. The minimum absolute atomic E-state index is 0.0187. The predicted molar refractivity (Wildman–Crippen MR) is 73.4 cm³/mol. The van der Waals surface area contributed by atoms with Crippen LogP contribution in [-0.2, 0) is 0 Å². The van der Waals surface area contributed by atoms with Gasteiger partial charge < -0.3 is 10.4 Å². The normalized spacial score (nSPS) is 19.2. The van der Waals surface area contributed by atoms with E-state index in [0.29, 0.717) is 5.02 Å². The third kappa shape index (κ3) is 3.20. The van der Waals surface area contributed by atoms with Crippen LogP contribution in [0.3, 0.4) is 0 Å². The quantitative estimate of drug-likeness (QED) is 0.895. The molecule has 1 heterocycles. The summed E-state index contributed by atoms with van der Waals surface area (Å²) >= 11 is 9.55. The van der Waals surface area contributed by atoms with Crippen LogP contribution in [0.1, 0.15) is 11.6 Å². The van der Waals surface area contributed by atoms with Gasteiger partial charge in [-0.25, -0.2) is 0 Å². The molecule has 3 nitrogen and oxygen atoms in total. The molecule has 5 heteroatoms. The highest BCUT2D eigenvalue weighted by atomic mass is 79.9. The van der Waals surface area contributed by atoms with E-state index in [0.717, 1.165) is 36.2 Å². The Bertz CT molecular complexity index is 383. The van der Waals surface area contributed by atoms with Crippen LogP contribution >= 0.6 is 27.5 Å². The lowest BCUT2D eigenvalue weighted by atomic mass is 10.1. The maximum Gasteiger partial charge on any atom is 0.0629 e. The number of hydrogen-bond donors (Lipinski definition) is 2. The lowest BCUT2D eigenvalue weighted by molar-refractivity contribution is 0.110. The predicted octanol–water partition coefficient (Wildman–Crippen LogP) is 2.04. The number of piperazine rings is 1. The van der Waals surface area contributed by atoms with Crippen molar-refractivity contribution in [3.8, 4) is 0 Å². The number of rotatable bonds is 3. The van der Waals surface area contributed by atoms with Crippen LogP contribution in [0.15, 0.2) is 22.7 Å². The molecule has 1 unspecified atom stereocenters. The average molecular weight is 320 g/mol. The fourth-order valence-electron chi connectivity index (χ4n) is 2.17. The van der Waals surface area contributed by atoms with Crippen molar-refractivity contribution in [2.45, 2.75) is 6.04 Å². The van der Waals surface area contributed by atoms with Crippen molar-refractivity contribution >= 4 is 27.5 Å². The molecule has 2 rings (SSSR count). The molecule has 2 N–H and O–H groups in total. The summed E-state index contributed by atoms with van der Waals surface area (Å²) in [7, 11) is 0. The van der Waals surface area contributed by atoms with Crippen LogP contribution in [0.2, 0.25) is 5.02 Å². The van der Waals surface area contributed by atoms with Crippen LogP contribution in [0.4, 0.5) is 0 Å². The molecule has 1 saturated heterocycles. The van der Waals surface area contributed by atoms with Gasteiger partial charge in [-0.3, -0.25) is 4.90 Å². The molecule has 0 amide bonds. The van der Waals surface area contributed by atoms with E-state index in [1.165, 1.54) is 0 Å². The van der Waals surface area contributed by atoms with Gasteiger partial charge in [-0.15, -0.1) is 0 Å². The number of hydrogen-bond acceptors (Lipinski definition) is 3. The SMILES string of the molecule is OCC(c1cc(Cl)ccc1Br)N1CCNCC1. The van der Waals surface area contributed by atoms with Gasteiger partial charge in [0.25, 0.3) is 0 Å². The van der Waals surface area contributed by atoms with E-state index >= 15 is 0 Å². The first-order chi connectivity index (χ1) is 8.22. The summed E-state index contributed by atoms with van der Waals surface area (Å²) in [6, 6.07) is 5.73. The molecular weight excluding hydrogens is 304 g/mol. The summed E-state index contributed by atoms with van der Waals surface area (Å²) in [5.41, 5.74) is 1.06. The Hall–Kier alpha value is -0.130. The zero-order valence-corrected chi connectivity index (χ0v) is 11.8. The summed E-state index contributed by atoms with van der Waals surface area (Å²) in [6.07, 6.45) is 0. The topological polar surface area (TPSA) is 35.5 Å². The number of halogens is 2.